The zero-order valence-electron chi connectivity index (χ0n) is 23.8. The fourth-order valence-electron chi connectivity index (χ4n) is 5.11. The van der Waals surface area contributed by atoms with Gasteiger partial charge in [-0.2, -0.15) is 0 Å². The largest absolute Gasteiger partial charge is 0.488 e. The van der Waals surface area contributed by atoms with E-state index < -0.39 is 5.97 Å². The minimum Gasteiger partial charge on any atom is -0.488 e. The highest BCUT2D eigenvalue weighted by Gasteiger charge is 2.33. The van der Waals surface area contributed by atoms with Gasteiger partial charge in [0.2, 0.25) is 0 Å². The molecule has 8 heteroatoms. The number of anilines is 1. The van der Waals surface area contributed by atoms with Crippen LogP contribution in [-0.4, -0.2) is 23.2 Å². The van der Waals surface area contributed by atoms with Crippen LogP contribution >= 0.6 is 22.9 Å². The van der Waals surface area contributed by atoms with E-state index in [0.717, 1.165) is 36.0 Å². The van der Waals surface area contributed by atoms with Crippen LogP contribution in [0.5, 0.6) is 5.75 Å². The molecule has 6 nitrogen and oxygen atoms in total. The highest BCUT2D eigenvalue weighted by molar-refractivity contribution is 7.16. The molecule has 1 amide bonds. The summed E-state index contributed by atoms with van der Waals surface area (Å²) in [6.45, 7) is 7.11. The Bertz CT molecular complexity index is 1620. The number of fused-ring (bicyclic) bond motifs is 1. The molecule has 1 heterocycles. The molecule has 1 aliphatic rings. The predicted molar refractivity (Wildman–Crippen MR) is 170 cm³/mol. The van der Waals surface area contributed by atoms with Crippen molar-refractivity contribution in [3.8, 4) is 5.75 Å². The summed E-state index contributed by atoms with van der Waals surface area (Å²) in [7, 11) is 0. The van der Waals surface area contributed by atoms with Gasteiger partial charge in [0.25, 0.3) is 5.91 Å². The maximum absolute atomic E-state index is 13.7. The monoisotopic (exact) mass is 600 g/mol. The molecule has 42 heavy (non-hydrogen) atoms. The molecule has 1 aliphatic carbocycles. The molecule has 3 aromatic carbocycles. The molecule has 2 N–H and O–H groups in total. The Balaban J connectivity index is 1.42. The lowest BCUT2D eigenvalue weighted by molar-refractivity contribution is 0.0696. The molecule has 0 saturated carbocycles. The minimum atomic E-state index is -0.963. The molecule has 5 rings (SSSR count). The third-order valence-electron chi connectivity index (χ3n) is 7.64. The summed E-state index contributed by atoms with van der Waals surface area (Å²) in [6.07, 6.45) is 4.55. The number of aromatic carboxylic acids is 1. The van der Waals surface area contributed by atoms with Crippen LogP contribution in [0.2, 0.25) is 5.02 Å². The van der Waals surface area contributed by atoms with Crippen LogP contribution < -0.4 is 10.1 Å². The average molecular weight is 601 g/mol. The Morgan fingerprint density at radius 3 is 2.48 bits per heavy atom. The van der Waals surface area contributed by atoms with Crippen molar-refractivity contribution in [1.29, 1.82) is 0 Å². The van der Waals surface area contributed by atoms with E-state index in [-0.39, 0.29) is 23.5 Å². The van der Waals surface area contributed by atoms with Crippen LogP contribution in [-0.2, 0) is 19.4 Å². The Hall–Kier alpha value is -3.94. The first-order valence-electron chi connectivity index (χ1n) is 13.9. The zero-order chi connectivity index (χ0) is 29.9. The number of carbonyl (C=O) groups is 2. The van der Waals surface area contributed by atoms with Crippen molar-refractivity contribution in [2.24, 2.45) is 16.3 Å². The summed E-state index contributed by atoms with van der Waals surface area (Å²) in [5.41, 5.74) is 4.45. The van der Waals surface area contributed by atoms with Crippen molar-refractivity contribution in [1.82, 2.24) is 0 Å². The lowest BCUT2D eigenvalue weighted by atomic mass is 9.72. The number of carboxylic acids is 1. The summed E-state index contributed by atoms with van der Waals surface area (Å²) >= 11 is 7.64. The Morgan fingerprint density at radius 1 is 1.07 bits per heavy atom. The van der Waals surface area contributed by atoms with Gasteiger partial charge < -0.3 is 15.2 Å². The standard InChI is InChI=1S/C34H33ClN2O4S/c1-34(2,3)24-12-17-27-29(18-24)42-32(30(27)31(38)37-26-15-13-25(35)14-16-26)36-19-23-6-4-5-7-28(23)41-20-21-8-10-22(11-9-21)33(39)40/h4-11,13-16,19,24H,12,17-18,20H2,1-3H3,(H,37,38)(H,39,40)/t24-/m0/s1. The van der Waals surface area contributed by atoms with E-state index in [1.165, 1.54) is 4.88 Å². The Morgan fingerprint density at radius 2 is 1.79 bits per heavy atom. The second-order valence-electron chi connectivity index (χ2n) is 11.5. The number of hydrogen-bond acceptors (Lipinski definition) is 5. The SMILES string of the molecule is CC(C)(C)[C@H]1CCc2c(sc(N=Cc3ccccc3OCc3ccc(C(=O)O)cc3)c2C(=O)Nc2ccc(Cl)cc2)C1. The maximum Gasteiger partial charge on any atom is 0.335 e. The summed E-state index contributed by atoms with van der Waals surface area (Å²) in [5.74, 6) is 0.0381. The van der Waals surface area contributed by atoms with Gasteiger partial charge in [0.15, 0.2) is 0 Å². The van der Waals surface area contributed by atoms with E-state index in [0.29, 0.717) is 32.9 Å². The van der Waals surface area contributed by atoms with Crippen molar-refractivity contribution in [2.75, 3.05) is 5.32 Å². The van der Waals surface area contributed by atoms with Gasteiger partial charge in [-0.05, 0) is 90.3 Å². The molecule has 1 aromatic heterocycles. The third-order valence-corrected chi connectivity index (χ3v) is 9.05. The van der Waals surface area contributed by atoms with E-state index in [2.05, 4.69) is 26.1 Å². The van der Waals surface area contributed by atoms with Gasteiger partial charge in [-0.1, -0.05) is 56.6 Å². The molecule has 0 saturated heterocycles. The number of amides is 1. The van der Waals surface area contributed by atoms with Crippen molar-refractivity contribution >= 4 is 51.7 Å². The van der Waals surface area contributed by atoms with Crippen LogP contribution in [0.25, 0.3) is 0 Å². The average Bonchev–Trinajstić information content (AvgIpc) is 3.34. The second kappa shape index (κ2) is 12.5. The van der Waals surface area contributed by atoms with Crippen molar-refractivity contribution in [3.05, 3.63) is 111 Å². The molecule has 0 spiro atoms. The highest BCUT2D eigenvalue weighted by Crippen LogP contribution is 2.45. The molecule has 4 aromatic rings. The zero-order valence-corrected chi connectivity index (χ0v) is 25.4. The number of rotatable bonds is 8. The quantitative estimate of drug-likeness (QED) is 0.198. The van der Waals surface area contributed by atoms with E-state index in [4.69, 9.17) is 26.4 Å². The molecular weight excluding hydrogens is 568 g/mol. The van der Waals surface area contributed by atoms with Crippen molar-refractivity contribution < 1.29 is 19.4 Å². The molecular formula is C34H33ClN2O4S. The number of para-hydroxylation sites is 1. The van der Waals surface area contributed by atoms with Crippen LogP contribution in [0.15, 0.2) is 77.8 Å². The Kier molecular flexibility index (Phi) is 8.80. The maximum atomic E-state index is 13.7. The number of thiophene rings is 1. The lowest BCUT2D eigenvalue weighted by Crippen LogP contribution is -2.27. The number of ether oxygens (including phenoxy) is 1. The van der Waals surface area contributed by atoms with Gasteiger partial charge in [0.1, 0.15) is 17.4 Å². The van der Waals surface area contributed by atoms with Crippen LogP contribution in [0.4, 0.5) is 10.7 Å². The van der Waals surface area contributed by atoms with E-state index in [1.54, 1.807) is 66.1 Å². The van der Waals surface area contributed by atoms with E-state index >= 15 is 0 Å². The van der Waals surface area contributed by atoms with Gasteiger partial charge in [0, 0.05) is 27.4 Å². The van der Waals surface area contributed by atoms with E-state index in [1.807, 2.05) is 24.3 Å². The predicted octanol–water partition coefficient (Wildman–Crippen LogP) is 8.83. The summed E-state index contributed by atoms with van der Waals surface area (Å²) < 4.78 is 6.09. The molecule has 0 bridgehead atoms. The molecule has 216 valence electrons. The van der Waals surface area contributed by atoms with Crippen LogP contribution in [0, 0.1) is 11.3 Å². The van der Waals surface area contributed by atoms with Crippen molar-refractivity contribution in [2.45, 2.75) is 46.6 Å². The number of carboxylic acid groups (broad SMARTS) is 1. The summed E-state index contributed by atoms with van der Waals surface area (Å²) in [6, 6.07) is 21.3. The smallest absolute Gasteiger partial charge is 0.335 e. The fraction of sp³-hybridized carbons (Fsp3) is 0.265. The van der Waals surface area contributed by atoms with Gasteiger partial charge in [-0.3, -0.25) is 4.79 Å². The number of hydrogen-bond donors (Lipinski definition) is 2. The number of benzene rings is 3. The molecule has 0 unspecified atom stereocenters. The molecule has 0 radical (unpaired) electrons. The van der Waals surface area contributed by atoms with E-state index in [9.17, 15) is 9.59 Å². The molecule has 0 fully saturated rings. The first kappa shape index (κ1) is 29.5. The number of carbonyl (C=O) groups excluding carboxylic acids is 1. The van der Waals surface area contributed by atoms with Crippen LogP contribution in [0.1, 0.15) is 69.5 Å². The van der Waals surface area contributed by atoms with Gasteiger partial charge in [-0.25, -0.2) is 9.79 Å². The summed E-state index contributed by atoms with van der Waals surface area (Å²) in [5, 5.41) is 13.5. The third kappa shape index (κ3) is 6.92. The number of aliphatic imine (C=N–C) groups is 1. The topological polar surface area (TPSA) is 88.0 Å². The first-order chi connectivity index (χ1) is 20.1. The summed E-state index contributed by atoms with van der Waals surface area (Å²) in [4.78, 5) is 30.9. The Labute approximate surface area is 255 Å². The van der Waals surface area contributed by atoms with Gasteiger partial charge in [0.05, 0.1) is 11.1 Å². The molecule has 0 aliphatic heterocycles. The molecule has 1 atom stereocenters. The van der Waals surface area contributed by atoms with Crippen LogP contribution in [0.3, 0.4) is 0 Å². The fourth-order valence-corrected chi connectivity index (χ4v) is 6.51. The minimum absolute atomic E-state index is 0.175. The number of nitrogens with zero attached hydrogens (tertiary/aromatic N) is 1. The number of halogens is 1. The lowest BCUT2D eigenvalue weighted by Gasteiger charge is -2.33. The second-order valence-corrected chi connectivity index (χ2v) is 13.1. The first-order valence-corrected chi connectivity index (χ1v) is 15.1. The van der Waals surface area contributed by atoms with Crippen molar-refractivity contribution in [3.63, 3.8) is 0 Å². The highest BCUT2D eigenvalue weighted by atomic mass is 35.5. The van der Waals surface area contributed by atoms with Gasteiger partial charge >= 0.3 is 5.97 Å². The van der Waals surface area contributed by atoms with Gasteiger partial charge in [-0.15, -0.1) is 11.3 Å². The number of nitrogens with one attached hydrogen (secondary N) is 1. The normalized spacial score (nSPS) is 14.9.